The van der Waals surface area contributed by atoms with Gasteiger partial charge in [0.1, 0.15) is 11.6 Å². The summed E-state index contributed by atoms with van der Waals surface area (Å²) >= 11 is 6.42. The van der Waals surface area contributed by atoms with Crippen molar-refractivity contribution in [2.75, 3.05) is 19.5 Å². The van der Waals surface area contributed by atoms with Gasteiger partial charge in [-0.25, -0.2) is 14.2 Å². The number of hydrogen-bond acceptors (Lipinski definition) is 5. The van der Waals surface area contributed by atoms with Crippen LogP contribution in [0.15, 0.2) is 35.3 Å². The Morgan fingerprint density at radius 1 is 1.32 bits per heavy atom. The van der Waals surface area contributed by atoms with Crippen molar-refractivity contribution >= 4 is 34.8 Å². The number of aliphatic imine (C=N–C) groups is 1. The lowest BCUT2D eigenvalue weighted by molar-refractivity contribution is 0.0594. The number of halogens is 2. The summed E-state index contributed by atoms with van der Waals surface area (Å²) in [5.74, 6) is -0.510. The number of hydrogen-bond donors (Lipinski definition) is 1. The highest BCUT2D eigenvalue weighted by atomic mass is 35.5. The molecule has 25 heavy (non-hydrogen) atoms. The lowest BCUT2D eigenvalue weighted by atomic mass is 9.99. The van der Waals surface area contributed by atoms with E-state index < -0.39 is 5.97 Å². The number of esters is 1. The van der Waals surface area contributed by atoms with E-state index in [9.17, 15) is 9.18 Å². The normalized spacial score (nSPS) is 11.6. The fourth-order valence-electron chi connectivity index (χ4n) is 2.39. The zero-order chi connectivity index (χ0) is 18.6. The first-order valence-corrected chi connectivity index (χ1v) is 8.03. The van der Waals surface area contributed by atoms with Gasteiger partial charge in [-0.05, 0) is 36.2 Å². The van der Waals surface area contributed by atoms with E-state index in [4.69, 9.17) is 16.3 Å². The first kappa shape index (κ1) is 18.9. The van der Waals surface area contributed by atoms with Crippen LogP contribution < -0.4 is 5.32 Å². The van der Waals surface area contributed by atoms with Crippen molar-refractivity contribution in [2.24, 2.45) is 10.9 Å². The molecule has 0 saturated carbocycles. The van der Waals surface area contributed by atoms with E-state index in [2.05, 4.69) is 15.3 Å². The van der Waals surface area contributed by atoms with E-state index in [1.54, 1.807) is 19.2 Å². The smallest absolute Gasteiger partial charge is 0.356 e. The number of nitrogens with zero attached hydrogens (tertiary/aromatic N) is 2. The number of methoxy groups -OCH3 is 1. The van der Waals surface area contributed by atoms with Gasteiger partial charge >= 0.3 is 5.97 Å². The maximum Gasteiger partial charge on any atom is 0.356 e. The molecule has 1 aromatic carbocycles. The van der Waals surface area contributed by atoms with Crippen LogP contribution in [0, 0.1) is 11.7 Å². The molecule has 0 radical (unpaired) electrons. The first-order valence-electron chi connectivity index (χ1n) is 7.65. The predicted molar refractivity (Wildman–Crippen MR) is 97.6 cm³/mol. The highest BCUT2D eigenvalue weighted by molar-refractivity contribution is 6.35. The predicted octanol–water partition coefficient (Wildman–Crippen LogP) is 4.48. The number of nitrogens with one attached hydrogen (secondary N) is 1. The molecule has 132 valence electrons. The number of pyridine rings is 1. The van der Waals surface area contributed by atoms with Crippen LogP contribution in [0.2, 0.25) is 5.02 Å². The molecular formula is C18H19ClFN3O2. The van der Waals surface area contributed by atoms with Gasteiger partial charge in [-0.3, -0.25) is 4.99 Å². The molecule has 0 spiro atoms. The summed E-state index contributed by atoms with van der Waals surface area (Å²) in [6.07, 6.45) is 0. The van der Waals surface area contributed by atoms with E-state index in [0.29, 0.717) is 22.1 Å². The quantitative estimate of drug-likeness (QED) is 0.628. The average Bonchev–Trinajstić information content (AvgIpc) is 2.58. The maximum absolute atomic E-state index is 13.1. The molecular weight excluding hydrogens is 345 g/mol. The fourth-order valence-corrected chi connectivity index (χ4v) is 2.68. The van der Waals surface area contributed by atoms with Crippen molar-refractivity contribution in [2.45, 2.75) is 13.8 Å². The highest BCUT2D eigenvalue weighted by Crippen LogP contribution is 2.30. The molecule has 7 heteroatoms. The monoisotopic (exact) mass is 363 g/mol. The summed E-state index contributed by atoms with van der Waals surface area (Å²) in [6, 6.07) is 7.23. The van der Waals surface area contributed by atoms with E-state index >= 15 is 0 Å². The van der Waals surface area contributed by atoms with Crippen molar-refractivity contribution < 1.29 is 13.9 Å². The molecule has 0 fully saturated rings. The van der Waals surface area contributed by atoms with Crippen LogP contribution in [0.3, 0.4) is 0 Å². The lowest BCUT2D eigenvalue weighted by Gasteiger charge is -2.17. The van der Waals surface area contributed by atoms with Crippen LogP contribution in [-0.2, 0) is 4.74 Å². The van der Waals surface area contributed by atoms with Crippen LogP contribution in [0.25, 0.3) is 0 Å². The summed E-state index contributed by atoms with van der Waals surface area (Å²) in [4.78, 5) is 20.5. The zero-order valence-corrected chi connectivity index (χ0v) is 15.2. The van der Waals surface area contributed by atoms with Gasteiger partial charge in [-0.15, -0.1) is 0 Å². The van der Waals surface area contributed by atoms with Crippen molar-refractivity contribution in [3.63, 3.8) is 0 Å². The molecule has 1 aromatic heterocycles. The second-order valence-corrected chi connectivity index (χ2v) is 6.01. The van der Waals surface area contributed by atoms with E-state index in [1.807, 2.05) is 13.8 Å². The minimum absolute atomic E-state index is 0.0695. The number of benzene rings is 1. The third-order valence-electron chi connectivity index (χ3n) is 3.52. The first-order chi connectivity index (χ1) is 11.9. The SMILES string of the molecule is CN=C(c1c(Cl)cc(C(=O)OC)nc1Nc1ccc(F)cc1)C(C)C. The number of aromatic nitrogens is 1. The summed E-state index contributed by atoms with van der Waals surface area (Å²) in [5, 5.41) is 3.41. The van der Waals surface area contributed by atoms with E-state index in [-0.39, 0.29) is 17.4 Å². The molecule has 0 amide bonds. The molecule has 0 unspecified atom stereocenters. The molecule has 0 atom stereocenters. The minimum atomic E-state index is -0.602. The van der Waals surface area contributed by atoms with Crippen molar-refractivity contribution in [1.29, 1.82) is 0 Å². The number of rotatable bonds is 5. The third-order valence-corrected chi connectivity index (χ3v) is 3.81. The van der Waals surface area contributed by atoms with Crippen molar-refractivity contribution in [3.8, 4) is 0 Å². The van der Waals surface area contributed by atoms with Crippen LogP contribution in [0.4, 0.5) is 15.9 Å². The van der Waals surface area contributed by atoms with Gasteiger partial charge < -0.3 is 10.1 Å². The van der Waals surface area contributed by atoms with Crippen LogP contribution in [-0.4, -0.2) is 30.8 Å². The minimum Gasteiger partial charge on any atom is -0.464 e. The fraction of sp³-hybridized carbons (Fsp3) is 0.278. The second kappa shape index (κ2) is 8.07. The van der Waals surface area contributed by atoms with Crippen molar-refractivity contribution in [3.05, 3.63) is 52.4 Å². The Balaban J connectivity index is 2.61. The molecule has 2 aromatic rings. The van der Waals surface area contributed by atoms with Gasteiger partial charge in [0.15, 0.2) is 5.69 Å². The summed E-state index contributed by atoms with van der Waals surface area (Å²) in [5.41, 5.74) is 2.00. The molecule has 5 nitrogen and oxygen atoms in total. The zero-order valence-electron chi connectivity index (χ0n) is 14.4. The Bertz CT molecular complexity index is 805. The van der Waals surface area contributed by atoms with Crippen LogP contribution in [0.1, 0.15) is 29.9 Å². The Labute approximate surface area is 150 Å². The molecule has 2 rings (SSSR count). The summed E-state index contributed by atoms with van der Waals surface area (Å²) in [6.45, 7) is 3.96. The maximum atomic E-state index is 13.1. The van der Waals surface area contributed by atoms with Gasteiger partial charge in [0.2, 0.25) is 0 Å². The highest BCUT2D eigenvalue weighted by Gasteiger charge is 2.21. The van der Waals surface area contributed by atoms with E-state index in [1.165, 1.54) is 25.3 Å². The van der Waals surface area contributed by atoms with Gasteiger partial charge in [0.25, 0.3) is 0 Å². The standard InChI is InChI=1S/C18H19ClFN3O2/c1-10(2)16(21-3)15-13(19)9-14(18(24)25-4)23-17(15)22-12-7-5-11(20)6-8-12/h5-10H,1-4H3,(H,22,23). The molecule has 1 N–H and O–H groups in total. The van der Waals surface area contributed by atoms with Crippen LogP contribution in [0.5, 0.6) is 0 Å². The Hall–Kier alpha value is -2.47. The van der Waals surface area contributed by atoms with Gasteiger partial charge in [0.05, 0.1) is 17.7 Å². The number of ether oxygens (including phenoxy) is 1. The number of anilines is 2. The largest absolute Gasteiger partial charge is 0.464 e. The Kier molecular flexibility index (Phi) is 6.09. The number of carbonyl (C=O) groups excluding carboxylic acids is 1. The topological polar surface area (TPSA) is 63.6 Å². The Morgan fingerprint density at radius 3 is 2.48 bits per heavy atom. The molecule has 0 aliphatic heterocycles. The van der Waals surface area contributed by atoms with Gasteiger partial charge in [0, 0.05) is 18.4 Å². The summed E-state index contributed by atoms with van der Waals surface area (Å²) < 4.78 is 17.8. The molecule has 0 aliphatic carbocycles. The molecule has 0 bridgehead atoms. The lowest BCUT2D eigenvalue weighted by Crippen LogP contribution is -2.16. The van der Waals surface area contributed by atoms with Gasteiger partial charge in [-0.2, -0.15) is 0 Å². The average molecular weight is 364 g/mol. The second-order valence-electron chi connectivity index (χ2n) is 5.60. The third kappa shape index (κ3) is 4.33. The molecule has 1 heterocycles. The Morgan fingerprint density at radius 2 is 1.96 bits per heavy atom. The summed E-state index contributed by atoms with van der Waals surface area (Å²) in [7, 11) is 2.94. The molecule has 0 aliphatic rings. The van der Waals surface area contributed by atoms with E-state index in [0.717, 1.165) is 5.71 Å². The van der Waals surface area contributed by atoms with Crippen LogP contribution >= 0.6 is 11.6 Å². The molecule has 0 saturated heterocycles. The number of carbonyl (C=O) groups is 1. The van der Waals surface area contributed by atoms with Gasteiger partial charge in [-0.1, -0.05) is 25.4 Å². The van der Waals surface area contributed by atoms with Crippen molar-refractivity contribution in [1.82, 2.24) is 4.98 Å².